The van der Waals surface area contributed by atoms with Crippen LogP contribution in [0.15, 0.2) is 47.4 Å². The highest BCUT2D eigenvalue weighted by molar-refractivity contribution is 7.89. The number of sulfonamides is 1. The fourth-order valence-corrected chi connectivity index (χ4v) is 4.80. The minimum Gasteiger partial charge on any atom is -0.348 e. The molecule has 1 fully saturated rings. The Hall–Kier alpha value is -1.60. The quantitative estimate of drug-likeness (QED) is 0.813. The molecule has 2 aromatic rings. The molecule has 8 heteroatoms. The van der Waals surface area contributed by atoms with Gasteiger partial charge in [-0.1, -0.05) is 35.3 Å². The molecule has 26 heavy (non-hydrogen) atoms. The maximum atomic E-state index is 12.7. The first-order valence-electron chi connectivity index (χ1n) is 8.20. The van der Waals surface area contributed by atoms with Gasteiger partial charge in [-0.2, -0.15) is 4.31 Å². The van der Waals surface area contributed by atoms with E-state index >= 15 is 0 Å². The lowest BCUT2D eigenvalue weighted by molar-refractivity contribution is 0.0951. The number of halogens is 2. The van der Waals surface area contributed by atoms with E-state index in [9.17, 15) is 13.2 Å². The molecule has 0 spiro atoms. The van der Waals surface area contributed by atoms with Gasteiger partial charge in [0.05, 0.1) is 15.5 Å². The summed E-state index contributed by atoms with van der Waals surface area (Å²) < 4.78 is 26.8. The lowest BCUT2D eigenvalue weighted by atomic mass is 10.2. The van der Waals surface area contributed by atoms with Gasteiger partial charge in [0.2, 0.25) is 10.0 Å². The van der Waals surface area contributed by atoms with Gasteiger partial charge in [-0.05, 0) is 48.7 Å². The topological polar surface area (TPSA) is 66.5 Å². The van der Waals surface area contributed by atoms with Crippen molar-refractivity contribution >= 4 is 39.1 Å². The number of rotatable bonds is 5. The van der Waals surface area contributed by atoms with Crippen LogP contribution in [0.25, 0.3) is 0 Å². The van der Waals surface area contributed by atoms with E-state index in [1.165, 1.54) is 22.5 Å². The summed E-state index contributed by atoms with van der Waals surface area (Å²) in [6.45, 7) is 1.27. The molecule has 0 atom stereocenters. The third-order valence-electron chi connectivity index (χ3n) is 4.23. The molecule has 1 aliphatic heterocycles. The minimum atomic E-state index is -3.61. The zero-order valence-corrected chi connectivity index (χ0v) is 16.2. The largest absolute Gasteiger partial charge is 0.348 e. The van der Waals surface area contributed by atoms with Crippen molar-refractivity contribution in [3.8, 4) is 0 Å². The van der Waals surface area contributed by atoms with Crippen molar-refractivity contribution in [1.82, 2.24) is 9.62 Å². The molecule has 0 radical (unpaired) electrons. The highest BCUT2D eigenvalue weighted by atomic mass is 35.5. The van der Waals surface area contributed by atoms with Gasteiger partial charge < -0.3 is 5.32 Å². The lowest BCUT2D eigenvalue weighted by Gasteiger charge is -2.16. The Balaban J connectivity index is 1.79. The minimum absolute atomic E-state index is 0.0803. The Labute approximate surface area is 163 Å². The number of nitrogens with zero attached hydrogens (tertiary/aromatic N) is 1. The average Bonchev–Trinajstić information content (AvgIpc) is 3.15. The van der Waals surface area contributed by atoms with Crippen molar-refractivity contribution in [1.29, 1.82) is 0 Å². The summed E-state index contributed by atoms with van der Waals surface area (Å²) in [6, 6.07) is 11.3. The van der Waals surface area contributed by atoms with Crippen molar-refractivity contribution < 1.29 is 13.2 Å². The predicted molar refractivity (Wildman–Crippen MR) is 102 cm³/mol. The molecular formula is C18H18Cl2N2O3S. The second-order valence-electron chi connectivity index (χ2n) is 6.07. The average molecular weight is 413 g/mol. The summed E-state index contributed by atoms with van der Waals surface area (Å²) in [5, 5.41) is 3.52. The third-order valence-corrected chi connectivity index (χ3v) is 6.69. The van der Waals surface area contributed by atoms with Gasteiger partial charge in [-0.15, -0.1) is 0 Å². The number of benzene rings is 2. The number of hydrogen-bond donors (Lipinski definition) is 1. The summed E-state index contributed by atoms with van der Waals surface area (Å²) in [7, 11) is -3.61. The molecule has 3 rings (SSSR count). The van der Waals surface area contributed by atoms with Crippen LogP contribution in [0.3, 0.4) is 0 Å². The van der Waals surface area contributed by atoms with E-state index in [1.54, 1.807) is 18.2 Å². The summed E-state index contributed by atoms with van der Waals surface area (Å²) in [5.74, 6) is -0.437. The molecule has 0 unspecified atom stereocenters. The standard InChI is InChI=1S/C18H18Cl2N2O3S/c19-14-5-3-4-13(10-14)12-21-18(23)16-11-15(6-7-17(16)20)26(24,25)22-8-1-2-9-22/h3-7,10-11H,1-2,8-9,12H2,(H,21,23). The van der Waals surface area contributed by atoms with Crippen molar-refractivity contribution in [2.45, 2.75) is 24.3 Å². The summed E-state index contributed by atoms with van der Waals surface area (Å²) in [6.07, 6.45) is 1.69. The molecular weight excluding hydrogens is 395 g/mol. The van der Waals surface area contributed by atoms with Crippen LogP contribution < -0.4 is 5.32 Å². The van der Waals surface area contributed by atoms with Gasteiger partial charge in [0.15, 0.2) is 0 Å². The molecule has 1 heterocycles. The van der Waals surface area contributed by atoms with Crippen LogP contribution in [-0.2, 0) is 16.6 Å². The van der Waals surface area contributed by atoms with Crippen LogP contribution in [-0.4, -0.2) is 31.7 Å². The molecule has 1 N–H and O–H groups in total. The first-order chi connectivity index (χ1) is 12.4. The molecule has 1 amide bonds. The summed E-state index contributed by atoms with van der Waals surface area (Å²) in [5.41, 5.74) is 0.969. The Bertz CT molecular complexity index is 926. The Kier molecular flexibility index (Phi) is 5.87. The second-order valence-corrected chi connectivity index (χ2v) is 8.85. The SMILES string of the molecule is O=C(NCc1cccc(Cl)c1)c1cc(S(=O)(=O)N2CCCC2)ccc1Cl. The molecule has 0 saturated carbocycles. The summed E-state index contributed by atoms with van der Waals surface area (Å²) >= 11 is 12.0. The van der Waals surface area contributed by atoms with Crippen molar-refractivity contribution in [3.63, 3.8) is 0 Å². The molecule has 2 aromatic carbocycles. The van der Waals surface area contributed by atoms with E-state index in [0.29, 0.717) is 18.1 Å². The Morgan fingerprint density at radius 3 is 2.50 bits per heavy atom. The first-order valence-corrected chi connectivity index (χ1v) is 10.4. The Morgan fingerprint density at radius 1 is 1.08 bits per heavy atom. The number of hydrogen-bond acceptors (Lipinski definition) is 3. The van der Waals surface area contributed by atoms with E-state index in [2.05, 4.69) is 5.32 Å². The number of carbonyl (C=O) groups excluding carboxylic acids is 1. The molecule has 1 saturated heterocycles. The Morgan fingerprint density at radius 2 is 1.81 bits per heavy atom. The normalized spacial score (nSPS) is 15.2. The van der Waals surface area contributed by atoms with Crippen LogP contribution >= 0.6 is 23.2 Å². The zero-order chi connectivity index (χ0) is 18.7. The van der Waals surface area contributed by atoms with Crippen molar-refractivity contribution in [2.24, 2.45) is 0 Å². The highest BCUT2D eigenvalue weighted by Crippen LogP contribution is 2.25. The highest BCUT2D eigenvalue weighted by Gasteiger charge is 2.28. The molecule has 138 valence electrons. The van der Waals surface area contributed by atoms with E-state index in [-0.39, 0.29) is 22.0 Å². The maximum absolute atomic E-state index is 12.7. The van der Waals surface area contributed by atoms with E-state index in [0.717, 1.165) is 18.4 Å². The van der Waals surface area contributed by atoms with Crippen LogP contribution in [0.5, 0.6) is 0 Å². The smallest absolute Gasteiger partial charge is 0.253 e. The molecule has 5 nitrogen and oxygen atoms in total. The fourth-order valence-electron chi connectivity index (χ4n) is 2.84. The van der Waals surface area contributed by atoms with Gasteiger partial charge >= 0.3 is 0 Å². The van der Waals surface area contributed by atoms with Crippen LogP contribution in [0.2, 0.25) is 10.0 Å². The van der Waals surface area contributed by atoms with Gasteiger partial charge in [0, 0.05) is 24.7 Å². The van der Waals surface area contributed by atoms with Crippen LogP contribution in [0.1, 0.15) is 28.8 Å². The van der Waals surface area contributed by atoms with Crippen LogP contribution in [0.4, 0.5) is 0 Å². The fraction of sp³-hybridized carbons (Fsp3) is 0.278. The molecule has 0 aromatic heterocycles. The zero-order valence-electron chi connectivity index (χ0n) is 13.9. The first kappa shape index (κ1) is 19.2. The molecule has 1 aliphatic rings. The van der Waals surface area contributed by atoms with E-state index < -0.39 is 15.9 Å². The van der Waals surface area contributed by atoms with Gasteiger partial charge in [0.25, 0.3) is 5.91 Å². The monoisotopic (exact) mass is 412 g/mol. The van der Waals surface area contributed by atoms with Gasteiger partial charge in [0.1, 0.15) is 0 Å². The number of amides is 1. The number of nitrogens with one attached hydrogen (secondary N) is 1. The van der Waals surface area contributed by atoms with E-state index in [1.807, 2.05) is 6.07 Å². The van der Waals surface area contributed by atoms with Gasteiger partial charge in [-0.25, -0.2) is 8.42 Å². The maximum Gasteiger partial charge on any atom is 0.253 e. The summed E-state index contributed by atoms with van der Waals surface area (Å²) in [4.78, 5) is 12.6. The lowest BCUT2D eigenvalue weighted by Crippen LogP contribution is -2.28. The van der Waals surface area contributed by atoms with Gasteiger partial charge in [-0.3, -0.25) is 4.79 Å². The third kappa shape index (κ3) is 4.20. The predicted octanol–water partition coefficient (Wildman–Crippen LogP) is 3.71. The molecule has 0 bridgehead atoms. The van der Waals surface area contributed by atoms with Crippen molar-refractivity contribution in [2.75, 3.05) is 13.1 Å². The van der Waals surface area contributed by atoms with Crippen molar-refractivity contribution in [3.05, 3.63) is 63.6 Å². The van der Waals surface area contributed by atoms with Crippen LogP contribution in [0, 0.1) is 0 Å². The van der Waals surface area contributed by atoms with E-state index in [4.69, 9.17) is 23.2 Å². The second kappa shape index (κ2) is 7.96. The number of carbonyl (C=O) groups is 1. The molecule has 0 aliphatic carbocycles.